The largest absolute Gasteiger partial charge is 0.398 e. The number of nitrogens with one attached hydrogen (secondary N) is 2. The van der Waals surface area contributed by atoms with Gasteiger partial charge in [0.2, 0.25) is 0 Å². The van der Waals surface area contributed by atoms with Crippen molar-refractivity contribution in [3.8, 4) is 0 Å². The summed E-state index contributed by atoms with van der Waals surface area (Å²) >= 11 is 1.28. The van der Waals surface area contributed by atoms with Crippen molar-refractivity contribution in [2.45, 2.75) is 29.9 Å². The third-order valence-corrected chi connectivity index (χ3v) is 3.95. The third kappa shape index (κ3) is 3.10. The smallest absolute Gasteiger partial charge is 0.344 e. The predicted molar refractivity (Wildman–Crippen MR) is 81.6 cm³/mol. The maximum atomic E-state index is 11.7. The SMILES string of the molecule is CNC(=O)c1ccc(Sc2n[nH]c(=O)n2C(C)C)c(N)c1. The van der Waals surface area contributed by atoms with Crippen LogP contribution in [0.3, 0.4) is 0 Å². The normalized spacial score (nSPS) is 10.9. The van der Waals surface area contributed by atoms with Crippen LogP contribution in [0.25, 0.3) is 0 Å². The van der Waals surface area contributed by atoms with Gasteiger partial charge in [-0.25, -0.2) is 9.89 Å². The molecule has 0 saturated heterocycles. The lowest BCUT2D eigenvalue weighted by atomic mass is 10.2. The Morgan fingerprint density at radius 1 is 1.48 bits per heavy atom. The number of carbonyl (C=O) groups excluding carboxylic acids is 1. The molecular weight excluding hydrogens is 290 g/mol. The highest BCUT2D eigenvalue weighted by molar-refractivity contribution is 7.99. The molecule has 0 aliphatic rings. The van der Waals surface area contributed by atoms with Crippen LogP contribution < -0.4 is 16.7 Å². The van der Waals surface area contributed by atoms with Crippen molar-refractivity contribution < 1.29 is 4.79 Å². The highest BCUT2D eigenvalue weighted by atomic mass is 32.2. The Labute approximate surface area is 125 Å². The van der Waals surface area contributed by atoms with Gasteiger partial charge in [-0.3, -0.25) is 9.36 Å². The van der Waals surface area contributed by atoms with Crippen LogP contribution in [0.5, 0.6) is 0 Å². The van der Waals surface area contributed by atoms with Gasteiger partial charge in [0.15, 0.2) is 5.16 Å². The van der Waals surface area contributed by atoms with Gasteiger partial charge in [-0.05, 0) is 43.8 Å². The van der Waals surface area contributed by atoms with E-state index in [0.717, 1.165) is 4.90 Å². The molecule has 0 atom stereocenters. The van der Waals surface area contributed by atoms with Gasteiger partial charge in [-0.1, -0.05) is 0 Å². The molecule has 21 heavy (non-hydrogen) atoms. The molecular formula is C13H17N5O2S. The zero-order chi connectivity index (χ0) is 15.6. The molecule has 0 unspecified atom stereocenters. The molecule has 1 aromatic carbocycles. The number of carbonyl (C=O) groups is 1. The topological polar surface area (TPSA) is 106 Å². The Balaban J connectivity index is 2.33. The number of amides is 1. The Kier molecular flexibility index (Phi) is 4.37. The molecule has 0 saturated carbocycles. The van der Waals surface area contributed by atoms with Gasteiger partial charge in [0.25, 0.3) is 5.91 Å². The Morgan fingerprint density at radius 3 is 2.76 bits per heavy atom. The molecule has 0 fully saturated rings. The first-order valence-electron chi connectivity index (χ1n) is 6.40. The highest BCUT2D eigenvalue weighted by Crippen LogP contribution is 2.31. The highest BCUT2D eigenvalue weighted by Gasteiger charge is 2.15. The van der Waals surface area contributed by atoms with Crippen molar-refractivity contribution in [1.29, 1.82) is 0 Å². The fourth-order valence-electron chi connectivity index (χ4n) is 1.84. The zero-order valence-corrected chi connectivity index (χ0v) is 12.8. The molecule has 1 aromatic heterocycles. The Hall–Kier alpha value is -2.22. The summed E-state index contributed by atoms with van der Waals surface area (Å²) in [6.45, 7) is 3.80. The van der Waals surface area contributed by atoms with E-state index in [4.69, 9.17) is 5.73 Å². The molecule has 112 valence electrons. The van der Waals surface area contributed by atoms with E-state index in [0.29, 0.717) is 16.4 Å². The summed E-state index contributed by atoms with van der Waals surface area (Å²) in [5.41, 5.74) is 6.67. The molecule has 7 nitrogen and oxygen atoms in total. The minimum absolute atomic E-state index is 0.00915. The first kappa shape index (κ1) is 15.2. The van der Waals surface area contributed by atoms with Crippen molar-refractivity contribution in [2.75, 3.05) is 12.8 Å². The number of rotatable bonds is 4. The minimum Gasteiger partial charge on any atom is -0.398 e. The average molecular weight is 307 g/mol. The second-order valence-electron chi connectivity index (χ2n) is 4.71. The lowest BCUT2D eigenvalue weighted by Crippen LogP contribution is -2.19. The molecule has 0 bridgehead atoms. The Bertz CT molecular complexity index is 720. The average Bonchev–Trinajstić information content (AvgIpc) is 2.81. The monoisotopic (exact) mass is 307 g/mol. The Morgan fingerprint density at radius 2 is 2.19 bits per heavy atom. The lowest BCUT2D eigenvalue weighted by molar-refractivity contribution is 0.0963. The number of aromatic nitrogens is 3. The van der Waals surface area contributed by atoms with Crippen molar-refractivity contribution in [3.63, 3.8) is 0 Å². The molecule has 4 N–H and O–H groups in total. The summed E-state index contributed by atoms with van der Waals surface area (Å²) in [5.74, 6) is -0.197. The van der Waals surface area contributed by atoms with Crippen LogP contribution in [-0.2, 0) is 0 Å². The van der Waals surface area contributed by atoms with Gasteiger partial charge in [-0.2, -0.15) is 0 Å². The van der Waals surface area contributed by atoms with Crippen molar-refractivity contribution in [3.05, 3.63) is 34.2 Å². The number of hydrogen-bond donors (Lipinski definition) is 3. The van der Waals surface area contributed by atoms with E-state index < -0.39 is 0 Å². The summed E-state index contributed by atoms with van der Waals surface area (Å²) < 4.78 is 1.55. The van der Waals surface area contributed by atoms with Gasteiger partial charge in [-0.15, -0.1) is 5.10 Å². The summed E-state index contributed by atoms with van der Waals surface area (Å²) in [6, 6.07) is 5.02. The molecule has 0 radical (unpaired) electrons. The molecule has 2 rings (SSSR count). The van der Waals surface area contributed by atoms with Gasteiger partial charge in [0, 0.05) is 29.2 Å². The number of nitrogens with zero attached hydrogens (tertiary/aromatic N) is 2. The fraction of sp³-hybridized carbons (Fsp3) is 0.308. The number of anilines is 1. The molecule has 2 aromatic rings. The van der Waals surface area contributed by atoms with E-state index in [2.05, 4.69) is 15.5 Å². The van der Waals surface area contributed by atoms with Crippen molar-refractivity contribution in [2.24, 2.45) is 0 Å². The molecule has 0 aliphatic carbocycles. The number of benzene rings is 1. The first-order valence-corrected chi connectivity index (χ1v) is 7.22. The van der Waals surface area contributed by atoms with Crippen molar-refractivity contribution in [1.82, 2.24) is 20.1 Å². The first-order chi connectivity index (χ1) is 9.93. The zero-order valence-electron chi connectivity index (χ0n) is 12.0. The maximum Gasteiger partial charge on any atom is 0.344 e. The van der Waals surface area contributed by atoms with Crippen LogP contribution in [0.2, 0.25) is 0 Å². The van der Waals surface area contributed by atoms with Gasteiger partial charge in [0.05, 0.1) is 0 Å². The van der Waals surface area contributed by atoms with E-state index in [9.17, 15) is 9.59 Å². The number of aromatic amines is 1. The van der Waals surface area contributed by atoms with Crippen molar-refractivity contribution >= 4 is 23.4 Å². The molecule has 0 spiro atoms. The molecule has 0 aliphatic heterocycles. The van der Waals surface area contributed by atoms with Crippen LogP contribution >= 0.6 is 11.8 Å². The number of nitrogens with two attached hydrogens (primary N) is 1. The minimum atomic E-state index is -0.256. The fourth-order valence-corrected chi connectivity index (χ4v) is 2.84. The standard InChI is InChI=1S/C13H17N5O2S/c1-7(2)18-12(20)16-17-13(18)21-10-5-4-8(6-9(10)14)11(19)15-3/h4-7H,14H2,1-3H3,(H,15,19)(H,16,20). The summed E-state index contributed by atoms with van der Waals surface area (Å²) in [5, 5.41) is 9.51. The second-order valence-corrected chi connectivity index (χ2v) is 5.72. The van der Waals surface area contributed by atoms with Crippen LogP contribution in [0, 0.1) is 0 Å². The predicted octanol–water partition coefficient (Wildman–Crippen LogP) is 1.25. The van der Waals surface area contributed by atoms with Crippen LogP contribution in [0.1, 0.15) is 30.2 Å². The van der Waals surface area contributed by atoms with Gasteiger partial charge in [0.1, 0.15) is 0 Å². The maximum absolute atomic E-state index is 11.7. The summed E-state index contributed by atoms with van der Waals surface area (Å²) in [4.78, 5) is 24.0. The van der Waals surface area contributed by atoms with Gasteiger partial charge < -0.3 is 11.1 Å². The third-order valence-electron chi connectivity index (χ3n) is 2.89. The lowest BCUT2D eigenvalue weighted by Gasteiger charge is -2.10. The van der Waals surface area contributed by atoms with Crippen LogP contribution in [0.15, 0.2) is 33.0 Å². The van der Waals surface area contributed by atoms with Gasteiger partial charge >= 0.3 is 5.69 Å². The second kappa shape index (κ2) is 6.04. The van der Waals surface area contributed by atoms with Crippen LogP contribution in [-0.4, -0.2) is 27.7 Å². The van der Waals surface area contributed by atoms with E-state index in [1.165, 1.54) is 11.8 Å². The quantitative estimate of drug-likeness (QED) is 0.737. The van der Waals surface area contributed by atoms with E-state index in [1.807, 2.05) is 13.8 Å². The number of H-pyrrole nitrogens is 1. The number of hydrogen-bond acceptors (Lipinski definition) is 5. The molecule has 1 heterocycles. The summed E-state index contributed by atoms with van der Waals surface area (Å²) in [7, 11) is 1.56. The number of nitrogen functional groups attached to an aromatic ring is 1. The molecule has 1 amide bonds. The van der Waals surface area contributed by atoms with E-state index in [-0.39, 0.29) is 17.6 Å². The van der Waals surface area contributed by atoms with E-state index >= 15 is 0 Å². The van der Waals surface area contributed by atoms with E-state index in [1.54, 1.807) is 29.8 Å². The van der Waals surface area contributed by atoms with Crippen LogP contribution in [0.4, 0.5) is 5.69 Å². The molecule has 8 heteroatoms. The summed E-state index contributed by atoms with van der Waals surface area (Å²) in [6.07, 6.45) is 0.